The van der Waals surface area contributed by atoms with Gasteiger partial charge in [0.25, 0.3) is 7.82 Å². The van der Waals surface area contributed by atoms with Crippen LogP contribution in [0.3, 0.4) is 0 Å². The second-order valence-corrected chi connectivity index (χ2v) is 26.7. The van der Waals surface area contributed by atoms with Gasteiger partial charge < -0.3 is 28.8 Å². The van der Waals surface area contributed by atoms with Gasteiger partial charge >= 0.3 is 0 Å². The summed E-state index contributed by atoms with van der Waals surface area (Å²) in [5.41, 5.74) is 0. The first-order valence-electron chi connectivity index (χ1n) is 34.9. The molecule has 0 spiro atoms. The molecule has 0 heterocycles. The predicted octanol–water partition coefficient (Wildman–Crippen LogP) is 21.4. The molecule has 0 rings (SSSR count). The van der Waals surface area contributed by atoms with E-state index < -0.39 is 20.0 Å². The summed E-state index contributed by atoms with van der Waals surface area (Å²) >= 11 is 0. The molecule has 468 valence electrons. The lowest BCUT2D eigenvalue weighted by Gasteiger charge is -2.29. The van der Waals surface area contributed by atoms with E-state index in [0.29, 0.717) is 17.4 Å². The maximum absolute atomic E-state index is 13.0. The van der Waals surface area contributed by atoms with Crippen LogP contribution in [0.25, 0.3) is 0 Å². The van der Waals surface area contributed by atoms with Crippen LogP contribution in [-0.4, -0.2) is 68.5 Å². The van der Waals surface area contributed by atoms with Crippen LogP contribution in [0.5, 0.6) is 0 Å². The fourth-order valence-corrected chi connectivity index (χ4v) is 11.4. The minimum atomic E-state index is -4.60. The summed E-state index contributed by atoms with van der Waals surface area (Å²) in [5.74, 6) is -0.191. The Morgan fingerprint density at radius 1 is 0.443 bits per heavy atom. The van der Waals surface area contributed by atoms with E-state index in [0.717, 1.165) is 44.9 Å². The summed E-state index contributed by atoms with van der Waals surface area (Å²) < 4.78 is 23.5. The van der Waals surface area contributed by atoms with Crippen LogP contribution in [0, 0.1) is 0 Å². The highest BCUT2D eigenvalue weighted by Crippen LogP contribution is 2.38. The van der Waals surface area contributed by atoms with Gasteiger partial charge in [0.1, 0.15) is 13.2 Å². The van der Waals surface area contributed by atoms with E-state index in [-0.39, 0.29) is 19.1 Å². The Kier molecular flexibility index (Phi) is 60.3. The second kappa shape index (κ2) is 61.3. The molecule has 2 N–H and O–H groups in total. The molecule has 0 bridgehead atoms. The smallest absolute Gasteiger partial charge is 0.268 e. The number of hydrogen-bond acceptors (Lipinski definition) is 6. The molecule has 9 heteroatoms. The third kappa shape index (κ3) is 64.1. The number of carbonyl (C=O) groups excluding carboxylic acids is 1. The normalized spacial score (nSPS) is 13.9. The van der Waals surface area contributed by atoms with E-state index in [9.17, 15) is 19.4 Å². The molecule has 0 aromatic carbocycles. The maximum atomic E-state index is 13.0. The summed E-state index contributed by atoms with van der Waals surface area (Å²) in [7, 11) is 1.28. The average Bonchev–Trinajstić information content (AvgIpc) is 3.42. The van der Waals surface area contributed by atoms with Gasteiger partial charge in [-0.25, -0.2) is 0 Å². The zero-order chi connectivity index (χ0) is 57.7. The molecular formula is C70H137N2O6P. The van der Waals surface area contributed by atoms with Crippen molar-refractivity contribution in [1.29, 1.82) is 0 Å². The lowest BCUT2D eigenvalue weighted by molar-refractivity contribution is -0.870. The lowest BCUT2D eigenvalue weighted by atomic mass is 10.0. The molecule has 0 radical (unpaired) electrons. The first-order chi connectivity index (χ1) is 38.5. The molecule has 0 aliphatic carbocycles. The Labute approximate surface area is 493 Å². The Bertz CT molecular complexity index is 1380. The molecule has 0 aromatic heterocycles. The number of nitrogens with zero attached hydrogens (tertiary/aromatic N) is 1. The zero-order valence-corrected chi connectivity index (χ0v) is 54.5. The van der Waals surface area contributed by atoms with Gasteiger partial charge in [0.2, 0.25) is 5.91 Å². The van der Waals surface area contributed by atoms with Crippen LogP contribution in [0.15, 0.2) is 36.5 Å². The van der Waals surface area contributed by atoms with Crippen LogP contribution >= 0.6 is 7.82 Å². The summed E-state index contributed by atoms with van der Waals surface area (Å²) in [5, 5.41) is 14.0. The highest BCUT2D eigenvalue weighted by Gasteiger charge is 2.23. The van der Waals surface area contributed by atoms with Gasteiger partial charge in [0.15, 0.2) is 0 Å². The number of phosphoric acid groups is 1. The number of allylic oxidation sites excluding steroid dienone is 5. The number of aliphatic hydroxyl groups excluding tert-OH is 1. The molecule has 0 saturated heterocycles. The summed E-state index contributed by atoms with van der Waals surface area (Å²) in [6, 6.07) is -0.887. The summed E-state index contributed by atoms with van der Waals surface area (Å²) in [6.45, 7) is 4.70. The SMILES string of the molecule is CCCCCCC/C=C\C/C=C\CCCCCCCCCCCCCCCCCCCC(=O)NC(COP(=O)([O-])OCC[N+](C)(C)C)C(O)/C=C/CCCCCCCCCCCCCCCCCCCCCCCCCCCC. The van der Waals surface area contributed by atoms with Crippen molar-refractivity contribution in [2.45, 2.75) is 366 Å². The fraction of sp³-hybridized carbons (Fsp3) is 0.900. The number of amides is 1. The molecule has 3 unspecified atom stereocenters. The van der Waals surface area contributed by atoms with Crippen molar-refractivity contribution in [2.24, 2.45) is 0 Å². The van der Waals surface area contributed by atoms with Crippen molar-refractivity contribution in [2.75, 3.05) is 40.9 Å². The largest absolute Gasteiger partial charge is 0.756 e. The van der Waals surface area contributed by atoms with Crippen LogP contribution < -0.4 is 10.2 Å². The van der Waals surface area contributed by atoms with Gasteiger partial charge in [0.05, 0.1) is 39.9 Å². The highest BCUT2D eigenvalue weighted by molar-refractivity contribution is 7.45. The number of nitrogens with one attached hydrogen (secondary N) is 1. The summed E-state index contributed by atoms with van der Waals surface area (Å²) in [6.07, 6.45) is 81.2. The van der Waals surface area contributed by atoms with Gasteiger partial charge in [0, 0.05) is 6.42 Å². The van der Waals surface area contributed by atoms with Gasteiger partial charge in [-0.3, -0.25) is 9.36 Å². The number of rotatable bonds is 65. The molecule has 8 nitrogen and oxygen atoms in total. The summed E-state index contributed by atoms with van der Waals surface area (Å²) in [4.78, 5) is 25.6. The van der Waals surface area contributed by atoms with Gasteiger partial charge in [-0.2, -0.15) is 0 Å². The number of quaternary nitrogens is 1. The molecule has 0 aliphatic heterocycles. The number of unbranched alkanes of at least 4 members (excludes halogenated alkanes) is 48. The highest BCUT2D eigenvalue weighted by atomic mass is 31.2. The first-order valence-corrected chi connectivity index (χ1v) is 36.3. The van der Waals surface area contributed by atoms with Gasteiger partial charge in [-0.15, -0.1) is 0 Å². The molecule has 3 atom stereocenters. The van der Waals surface area contributed by atoms with Crippen molar-refractivity contribution < 1.29 is 32.9 Å². The number of carbonyl (C=O) groups is 1. The molecule has 79 heavy (non-hydrogen) atoms. The molecule has 0 fully saturated rings. The van der Waals surface area contributed by atoms with E-state index in [1.807, 2.05) is 27.2 Å². The van der Waals surface area contributed by atoms with E-state index >= 15 is 0 Å². The predicted molar refractivity (Wildman–Crippen MR) is 344 cm³/mol. The van der Waals surface area contributed by atoms with E-state index in [1.54, 1.807) is 6.08 Å². The van der Waals surface area contributed by atoms with Crippen LogP contribution in [0.4, 0.5) is 0 Å². The minimum Gasteiger partial charge on any atom is -0.756 e. The van der Waals surface area contributed by atoms with Crippen LogP contribution in [0.1, 0.15) is 354 Å². The van der Waals surface area contributed by atoms with E-state index in [4.69, 9.17) is 9.05 Å². The first kappa shape index (κ1) is 77.7. The monoisotopic (exact) mass is 1130 g/mol. The molecule has 0 saturated carbocycles. The number of likely N-dealkylation sites (N-methyl/N-ethyl adjacent to an activating group) is 1. The molecule has 1 amide bonds. The van der Waals surface area contributed by atoms with Crippen LogP contribution in [0.2, 0.25) is 0 Å². The van der Waals surface area contributed by atoms with Crippen molar-refractivity contribution in [3.8, 4) is 0 Å². The topological polar surface area (TPSA) is 108 Å². The standard InChI is InChI=1S/C70H137N2O6P/c1-6-8-10-12-14-16-18-20-22-24-26-28-30-32-34-36-38-40-42-44-46-48-50-52-54-56-58-60-62-64-70(74)71-68(67-78-79(75,76)77-66-65-72(3,4)5)69(73)63-61-59-57-55-53-51-49-47-45-43-41-39-37-35-33-31-29-27-25-23-21-19-17-15-13-11-9-7-2/h18,20,24,26,61,63,68-69,73H,6-17,19,21-23,25,27-60,62,64-67H2,1-5H3,(H-,71,74,75,76)/b20-18-,26-24-,63-61+. The molecule has 0 aromatic rings. The maximum Gasteiger partial charge on any atom is 0.268 e. The average molecular weight is 1130 g/mol. The van der Waals surface area contributed by atoms with Gasteiger partial charge in [-0.1, -0.05) is 333 Å². The van der Waals surface area contributed by atoms with Crippen molar-refractivity contribution >= 4 is 13.7 Å². The molecular weight excluding hydrogens is 996 g/mol. The second-order valence-electron chi connectivity index (χ2n) is 25.2. The molecule has 0 aliphatic rings. The number of hydrogen-bond donors (Lipinski definition) is 2. The van der Waals surface area contributed by atoms with E-state index in [1.165, 1.54) is 289 Å². The fourth-order valence-electron chi connectivity index (χ4n) is 10.7. The van der Waals surface area contributed by atoms with Gasteiger partial charge in [-0.05, 0) is 51.4 Å². The zero-order valence-electron chi connectivity index (χ0n) is 53.6. The lowest BCUT2D eigenvalue weighted by Crippen LogP contribution is -2.45. The minimum absolute atomic E-state index is 0.000795. The Morgan fingerprint density at radius 2 is 0.734 bits per heavy atom. The van der Waals surface area contributed by atoms with E-state index in [2.05, 4.69) is 43.5 Å². The number of aliphatic hydroxyl groups is 1. The quantitative estimate of drug-likeness (QED) is 0.0272. The van der Waals surface area contributed by atoms with Crippen molar-refractivity contribution in [3.63, 3.8) is 0 Å². The van der Waals surface area contributed by atoms with Crippen molar-refractivity contribution in [1.82, 2.24) is 5.32 Å². The Balaban J connectivity index is 4.06. The third-order valence-corrected chi connectivity index (χ3v) is 17.1. The number of phosphoric ester groups is 1. The third-order valence-electron chi connectivity index (χ3n) is 16.1. The Hall–Kier alpha value is -1.28. The van der Waals surface area contributed by atoms with Crippen molar-refractivity contribution in [3.05, 3.63) is 36.5 Å². The Morgan fingerprint density at radius 3 is 1.05 bits per heavy atom. The van der Waals surface area contributed by atoms with Crippen LogP contribution in [-0.2, 0) is 18.4 Å².